The Balaban J connectivity index is 1.99. The second-order valence-corrected chi connectivity index (χ2v) is 3.92. The van der Waals surface area contributed by atoms with Crippen LogP contribution in [0.15, 0.2) is 18.5 Å². The summed E-state index contributed by atoms with van der Waals surface area (Å²) < 4.78 is 2.09. The Morgan fingerprint density at radius 1 is 1.29 bits per heavy atom. The minimum atomic E-state index is 1.01. The molecule has 0 aliphatic rings. The Labute approximate surface area is 87.3 Å². The van der Waals surface area contributed by atoms with Crippen LogP contribution in [0.25, 0.3) is 0 Å². The summed E-state index contributed by atoms with van der Waals surface area (Å²) in [5.41, 5.74) is 1.38. The van der Waals surface area contributed by atoms with Gasteiger partial charge in [-0.25, -0.2) is 0 Å². The third-order valence-electron chi connectivity index (χ3n) is 2.43. The molecule has 1 rings (SSSR count). The van der Waals surface area contributed by atoms with Crippen molar-refractivity contribution in [1.82, 2.24) is 9.88 Å². The first-order valence-electron chi connectivity index (χ1n) is 5.64. The molecule has 0 unspecified atom stereocenters. The summed E-state index contributed by atoms with van der Waals surface area (Å²) >= 11 is 0. The lowest BCUT2D eigenvalue weighted by Gasteiger charge is -2.02. The minimum absolute atomic E-state index is 1.01. The molecule has 1 aromatic heterocycles. The van der Waals surface area contributed by atoms with Crippen LogP contribution in [0.5, 0.6) is 0 Å². The van der Waals surface area contributed by atoms with Gasteiger partial charge in [-0.3, -0.25) is 0 Å². The Hall–Kier alpha value is -0.760. The van der Waals surface area contributed by atoms with E-state index in [2.05, 4.69) is 42.3 Å². The predicted octanol–water partition coefficient (Wildman–Crippen LogP) is 2.70. The van der Waals surface area contributed by atoms with Crippen LogP contribution in [0.2, 0.25) is 0 Å². The average Bonchev–Trinajstić information content (AvgIpc) is 2.58. The second-order valence-electron chi connectivity index (χ2n) is 3.92. The van der Waals surface area contributed by atoms with E-state index in [-0.39, 0.29) is 0 Å². The van der Waals surface area contributed by atoms with E-state index >= 15 is 0 Å². The van der Waals surface area contributed by atoms with Crippen molar-refractivity contribution in [2.45, 2.75) is 39.2 Å². The molecule has 0 aliphatic heterocycles. The van der Waals surface area contributed by atoms with E-state index < -0.39 is 0 Å². The van der Waals surface area contributed by atoms with E-state index in [1.54, 1.807) is 0 Å². The number of hydrogen-bond donors (Lipinski definition) is 1. The van der Waals surface area contributed by atoms with Gasteiger partial charge < -0.3 is 9.88 Å². The summed E-state index contributed by atoms with van der Waals surface area (Å²) in [6, 6.07) is 2.17. The van der Waals surface area contributed by atoms with Crippen LogP contribution in [0.3, 0.4) is 0 Å². The molecule has 0 aromatic carbocycles. The van der Waals surface area contributed by atoms with E-state index in [1.807, 2.05) is 0 Å². The first-order chi connectivity index (χ1) is 6.83. The Morgan fingerprint density at radius 3 is 2.79 bits per heavy atom. The van der Waals surface area contributed by atoms with Gasteiger partial charge in [0.15, 0.2) is 0 Å². The molecule has 0 atom stereocenters. The molecule has 2 heteroatoms. The average molecular weight is 194 g/mol. The van der Waals surface area contributed by atoms with Crippen LogP contribution < -0.4 is 5.32 Å². The van der Waals surface area contributed by atoms with Gasteiger partial charge in [0, 0.05) is 26.0 Å². The molecule has 0 fully saturated rings. The number of unbranched alkanes of at least 4 members (excludes halogenated alkanes) is 3. The van der Waals surface area contributed by atoms with Crippen LogP contribution in [-0.2, 0) is 13.6 Å². The summed E-state index contributed by atoms with van der Waals surface area (Å²) in [7, 11) is 2.06. The fourth-order valence-electron chi connectivity index (χ4n) is 1.58. The lowest BCUT2D eigenvalue weighted by atomic mass is 10.2. The molecule has 1 N–H and O–H groups in total. The van der Waals surface area contributed by atoms with Crippen molar-refractivity contribution in [3.05, 3.63) is 24.0 Å². The summed E-state index contributed by atoms with van der Waals surface area (Å²) in [6.07, 6.45) is 9.61. The highest BCUT2D eigenvalue weighted by molar-refractivity contribution is 5.09. The molecule has 1 heterocycles. The SMILES string of the molecule is CCCCCCNCc1ccn(C)c1. The Bertz CT molecular complexity index is 240. The molecular weight excluding hydrogens is 172 g/mol. The van der Waals surface area contributed by atoms with E-state index in [1.165, 1.54) is 31.2 Å². The van der Waals surface area contributed by atoms with Crippen molar-refractivity contribution >= 4 is 0 Å². The maximum atomic E-state index is 3.46. The summed E-state index contributed by atoms with van der Waals surface area (Å²) in [5, 5.41) is 3.46. The highest BCUT2D eigenvalue weighted by atomic mass is 14.9. The maximum Gasteiger partial charge on any atom is 0.0220 e. The van der Waals surface area contributed by atoms with Crippen LogP contribution in [0.4, 0.5) is 0 Å². The van der Waals surface area contributed by atoms with Crippen LogP contribution in [-0.4, -0.2) is 11.1 Å². The van der Waals surface area contributed by atoms with E-state index in [0.717, 1.165) is 13.1 Å². The lowest BCUT2D eigenvalue weighted by Crippen LogP contribution is -2.14. The zero-order chi connectivity index (χ0) is 10.2. The fraction of sp³-hybridized carbons (Fsp3) is 0.667. The van der Waals surface area contributed by atoms with Gasteiger partial charge in [-0.1, -0.05) is 26.2 Å². The first kappa shape index (κ1) is 11.3. The molecule has 0 amide bonds. The van der Waals surface area contributed by atoms with Crippen molar-refractivity contribution < 1.29 is 0 Å². The predicted molar refractivity (Wildman–Crippen MR) is 61.3 cm³/mol. The van der Waals surface area contributed by atoms with Crippen molar-refractivity contribution in [3.63, 3.8) is 0 Å². The summed E-state index contributed by atoms with van der Waals surface area (Å²) in [6.45, 7) is 4.40. The smallest absolute Gasteiger partial charge is 0.0220 e. The van der Waals surface area contributed by atoms with E-state index in [0.29, 0.717) is 0 Å². The monoisotopic (exact) mass is 194 g/mol. The molecule has 0 spiro atoms. The summed E-state index contributed by atoms with van der Waals surface area (Å²) in [4.78, 5) is 0. The fourth-order valence-corrected chi connectivity index (χ4v) is 1.58. The van der Waals surface area contributed by atoms with Gasteiger partial charge in [0.2, 0.25) is 0 Å². The first-order valence-corrected chi connectivity index (χ1v) is 5.64. The van der Waals surface area contributed by atoms with Gasteiger partial charge in [0.25, 0.3) is 0 Å². The molecular formula is C12H22N2. The van der Waals surface area contributed by atoms with Crippen molar-refractivity contribution in [2.24, 2.45) is 7.05 Å². The van der Waals surface area contributed by atoms with Gasteiger partial charge in [-0.15, -0.1) is 0 Å². The van der Waals surface area contributed by atoms with Crippen LogP contribution in [0.1, 0.15) is 38.2 Å². The van der Waals surface area contributed by atoms with Crippen molar-refractivity contribution in [2.75, 3.05) is 6.54 Å². The normalized spacial score (nSPS) is 10.7. The van der Waals surface area contributed by atoms with Gasteiger partial charge in [0.05, 0.1) is 0 Å². The maximum absolute atomic E-state index is 3.46. The largest absolute Gasteiger partial charge is 0.357 e. The zero-order valence-electron chi connectivity index (χ0n) is 9.42. The number of nitrogens with zero attached hydrogens (tertiary/aromatic N) is 1. The molecule has 0 radical (unpaired) electrons. The number of hydrogen-bond acceptors (Lipinski definition) is 1. The molecule has 0 aliphatic carbocycles. The van der Waals surface area contributed by atoms with Crippen LogP contribution in [0, 0.1) is 0 Å². The highest BCUT2D eigenvalue weighted by Gasteiger charge is 1.93. The van der Waals surface area contributed by atoms with Crippen molar-refractivity contribution in [3.8, 4) is 0 Å². The molecule has 80 valence electrons. The van der Waals surface area contributed by atoms with E-state index in [9.17, 15) is 0 Å². The molecule has 2 nitrogen and oxygen atoms in total. The highest BCUT2D eigenvalue weighted by Crippen LogP contribution is 2.00. The van der Waals surface area contributed by atoms with Gasteiger partial charge >= 0.3 is 0 Å². The standard InChI is InChI=1S/C12H22N2/c1-3-4-5-6-8-13-10-12-7-9-14(2)11-12/h7,9,11,13H,3-6,8,10H2,1-2H3. The number of nitrogens with one attached hydrogen (secondary N) is 1. The molecule has 1 aromatic rings. The van der Waals surface area contributed by atoms with E-state index in [4.69, 9.17) is 0 Å². The quantitative estimate of drug-likeness (QED) is 0.660. The third kappa shape index (κ3) is 4.47. The van der Waals surface area contributed by atoms with Gasteiger partial charge in [-0.2, -0.15) is 0 Å². The Morgan fingerprint density at radius 2 is 2.14 bits per heavy atom. The third-order valence-corrected chi connectivity index (χ3v) is 2.43. The second kappa shape index (κ2) is 6.66. The summed E-state index contributed by atoms with van der Waals surface area (Å²) in [5.74, 6) is 0. The topological polar surface area (TPSA) is 17.0 Å². The number of rotatable bonds is 7. The van der Waals surface area contributed by atoms with Gasteiger partial charge in [-0.05, 0) is 24.6 Å². The number of aryl methyl sites for hydroxylation is 1. The van der Waals surface area contributed by atoms with Crippen molar-refractivity contribution in [1.29, 1.82) is 0 Å². The molecule has 0 saturated carbocycles. The molecule has 0 bridgehead atoms. The van der Waals surface area contributed by atoms with Crippen LogP contribution >= 0.6 is 0 Å². The Kier molecular flexibility index (Phi) is 5.38. The molecule has 0 saturated heterocycles. The van der Waals surface area contributed by atoms with Gasteiger partial charge in [0.1, 0.15) is 0 Å². The lowest BCUT2D eigenvalue weighted by molar-refractivity contribution is 0.598. The zero-order valence-corrected chi connectivity index (χ0v) is 9.42. The molecule has 14 heavy (non-hydrogen) atoms. The minimum Gasteiger partial charge on any atom is -0.357 e. The number of aromatic nitrogens is 1.